The second kappa shape index (κ2) is 10.4. The number of likely N-dealkylation sites (tertiary alicyclic amines) is 1. The molecular formula is C17H33N5O2. The predicted molar refractivity (Wildman–Crippen MR) is 96.3 cm³/mol. The predicted octanol–water partition coefficient (Wildman–Crippen LogP) is 1.16. The number of nitrogens with one attached hydrogen (secondary N) is 3. The molecule has 0 aromatic rings. The van der Waals surface area contributed by atoms with Gasteiger partial charge in [-0.05, 0) is 51.6 Å². The Bertz CT molecular complexity index is 406. The molecule has 7 nitrogen and oxygen atoms in total. The Labute approximate surface area is 145 Å². The molecule has 3 N–H and O–H groups in total. The summed E-state index contributed by atoms with van der Waals surface area (Å²) in [5.74, 6) is 1.34. The van der Waals surface area contributed by atoms with Gasteiger partial charge in [0.2, 0.25) is 0 Å². The van der Waals surface area contributed by atoms with E-state index in [9.17, 15) is 4.79 Å². The molecule has 1 unspecified atom stereocenters. The van der Waals surface area contributed by atoms with Crippen LogP contribution in [0.25, 0.3) is 0 Å². The Balaban J connectivity index is 1.66. The Morgan fingerprint density at radius 3 is 2.62 bits per heavy atom. The van der Waals surface area contributed by atoms with E-state index >= 15 is 0 Å². The molecule has 0 spiro atoms. The standard InChI is InChI=1S/C17H33N5O2/c1-3-24-17(23)21-15(14-7-8-14)13-20-16(18-2)19-9-12-22-10-5-4-6-11-22/h14-15H,3-13H2,1-2H3,(H,21,23)(H2,18,19,20). The zero-order chi connectivity index (χ0) is 17.2. The van der Waals surface area contributed by atoms with E-state index in [0.29, 0.717) is 19.1 Å². The highest BCUT2D eigenvalue weighted by Gasteiger charge is 2.32. The summed E-state index contributed by atoms with van der Waals surface area (Å²) in [5.41, 5.74) is 0. The van der Waals surface area contributed by atoms with Crippen LogP contribution in [0.4, 0.5) is 4.79 Å². The Kier molecular flexibility index (Phi) is 8.15. The van der Waals surface area contributed by atoms with E-state index in [-0.39, 0.29) is 12.1 Å². The lowest BCUT2D eigenvalue weighted by atomic mass is 10.1. The largest absolute Gasteiger partial charge is 0.450 e. The molecule has 1 heterocycles. The van der Waals surface area contributed by atoms with Gasteiger partial charge in [-0.15, -0.1) is 0 Å². The van der Waals surface area contributed by atoms with Gasteiger partial charge in [-0.2, -0.15) is 0 Å². The van der Waals surface area contributed by atoms with Crippen molar-refractivity contribution in [3.05, 3.63) is 0 Å². The number of piperidine rings is 1. The van der Waals surface area contributed by atoms with Gasteiger partial charge in [0.15, 0.2) is 5.96 Å². The second-order valence-electron chi connectivity index (χ2n) is 6.59. The summed E-state index contributed by atoms with van der Waals surface area (Å²) in [6.07, 6.45) is 6.00. The lowest BCUT2D eigenvalue weighted by molar-refractivity contribution is 0.146. The molecule has 2 rings (SSSR count). The summed E-state index contributed by atoms with van der Waals surface area (Å²) in [6, 6.07) is 0.102. The molecule has 0 aromatic carbocycles. The molecule has 24 heavy (non-hydrogen) atoms. The fourth-order valence-corrected chi connectivity index (χ4v) is 3.10. The molecule has 0 bridgehead atoms. The van der Waals surface area contributed by atoms with Gasteiger partial charge in [-0.1, -0.05) is 6.42 Å². The Morgan fingerprint density at radius 2 is 2.00 bits per heavy atom. The molecule has 7 heteroatoms. The van der Waals surface area contributed by atoms with Crippen molar-refractivity contribution in [1.82, 2.24) is 20.9 Å². The molecule has 1 saturated carbocycles. The average Bonchev–Trinajstić information content (AvgIpc) is 3.43. The Morgan fingerprint density at radius 1 is 1.25 bits per heavy atom. The number of guanidine groups is 1. The molecule has 1 aliphatic carbocycles. The quantitative estimate of drug-likeness (QED) is 0.457. The molecule has 1 amide bonds. The van der Waals surface area contributed by atoms with Crippen LogP contribution in [0.3, 0.4) is 0 Å². The molecule has 2 aliphatic rings. The number of alkyl carbamates (subject to hydrolysis) is 1. The molecule has 0 aromatic heterocycles. The maximum absolute atomic E-state index is 11.6. The number of carbonyl (C=O) groups excluding carboxylic acids is 1. The summed E-state index contributed by atoms with van der Waals surface area (Å²) in [5, 5.41) is 9.64. The summed E-state index contributed by atoms with van der Waals surface area (Å²) >= 11 is 0. The summed E-state index contributed by atoms with van der Waals surface area (Å²) in [7, 11) is 1.78. The minimum absolute atomic E-state index is 0.102. The van der Waals surface area contributed by atoms with E-state index in [1.807, 2.05) is 6.92 Å². The number of rotatable bonds is 8. The summed E-state index contributed by atoms with van der Waals surface area (Å²) < 4.78 is 4.99. The van der Waals surface area contributed by atoms with E-state index < -0.39 is 0 Å². The summed E-state index contributed by atoms with van der Waals surface area (Å²) in [4.78, 5) is 18.4. The second-order valence-corrected chi connectivity index (χ2v) is 6.59. The van der Waals surface area contributed by atoms with Crippen molar-refractivity contribution in [3.63, 3.8) is 0 Å². The number of hydrogen-bond acceptors (Lipinski definition) is 4. The lowest BCUT2D eigenvalue weighted by Gasteiger charge is -2.27. The van der Waals surface area contributed by atoms with Crippen molar-refractivity contribution >= 4 is 12.1 Å². The first kappa shape index (κ1) is 18.8. The van der Waals surface area contributed by atoms with Crippen LogP contribution in [-0.2, 0) is 4.74 Å². The topological polar surface area (TPSA) is 78.0 Å². The van der Waals surface area contributed by atoms with Gasteiger partial charge in [0.05, 0.1) is 12.6 Å². The zero-order valence-electron chi connectivity index (χ0n) is 15.1. The third kappa shape index (κ3) is 6.95. The van der Waals surface area contributed by atoms with Crippen molar-refractivity contribution < 1.29 is 9.53 Å². The van der Waals surface area contributed by atoms with E-state index in [1.165, 1.54) is 45.2 Å². The highest BCUT2D eigenvalue weighted by Crippen LogP contribution is 2.32. The van der Waals surface area contributed by atoms with E-state index in [0.717, 1.165) is 19.0 Å². The minimum atomic E-state index is -0.329. The van der Waals surface area contributed by atoms with Crippen molar-refractivity contribution in [2.24, 2.45) is 10.9 Å². The number of hydrogen-bond donors (Lipinski definition) is 3. The molecule has 138 valence electrons. The lowest BCUT2D eigenvalue weighted by Crippen LogP contribution is -2.49. The highest BCUT2D eigenvalue weighted by molar-refractivity contribution is 5.79. The van der Waals surface area contributed by atoms with Gasteiger partial charge in [0, 0.05) is 26.7 Å². The van der Waals surface area contributed by atoms with Gasteiger partial charge in [0.1, 0.15) is 0 Å². The molecule has 1 aliphatic heterocycles. The van der Waals surface area contributed by atoms with Crippen LogP contribution in [-0.4, -0.2) is 69.4 Å². The van der Waals surface area contributed by atoms with Crippen LogP contribution in [0, 0.1) is 5.92 Å². The molecule has 1 saturated heterocycles. The fourth-order valence-electron chi connectivity index (χ4n) is 3.10. The van der Waals surface area contributed by atoms with Crippen LogP contribution in [0.5, 0.6) is 0 Å². The number of nitrogens with zero attached hydrogens (tertiary/aromatic N) is 2. The normalized spacial score (nSPS) is 20.3. The maximum Gasteiger partial charge on any atom is 0.407 e. The first-order valence-corrected chi connectivity index (χ1v) is 9.33. The van der Waals surface area contributed by atoms with Gasteiger partial charge in [-0.3, -0.25) is 4.99 Å². The zero-order valence-corrected chi connectivity index (χ0v) is 15.1. The van der Waals surface area contributed by atoms with Crippen LogP contribution >= 0.6 is 0 Å². The monoisotopic (exact) mass is 339 g/mol. The average molecular weight is 339 g/mol. The van der Waals surface area contributed by atoms with Crippen molar-refractivity contribution in [2.45, 2.75) is 45.1 Å². The fraction of sp³-hybridized carbons (Fsp3) is 0.882. The third-order valence-electron chi connectivity index (χ3n) is 4.65. The Hall–Kier alpha value is -1.50. The van der Waals surface area contributed by atoms with Crippen molar-refractivity contribution in [3.8, 4) is 0 Å². The minimum Gasteiger partial charge on any atom is -0.450 e. The van der Waals surface area contributed by atoms with Crippen molar-refractivity contribution in [1.29, 1.82) is 0 Å². The molecule has 2 fully saturated rings. The van der Waals surface area contributed by atoms with E-state index in [1.54, 1.807) is 7.05 Å². The summed E-state index contributed by atoms with van der Waals surface area (Å²) in [6.45, 7) is 7.25. The van der Waals surface area contributed by atoms with Gasteiger partial charge in [-0.25, -0.2) is 4.79 Å². The number of ether oxygens (including phenoxy) is 1. The third-order valence-corrected chi connectivity index (χ3v) is 4.65. The van der Waals surface area contributed by atoms with Crippen LogP contribution in [0.2, 0.25) is 0 Å². The highest BCUT2D eigenvalue weighted by atomic mass is 16.5. The number of amides is 1. The van der Waals surface area contributed by atoms with Gasteiger partial charge in [0.25, 0.3) is 0 Å². The van der Waals surface area contributed by atoms with E-state index in [4.69, 9.17) is 4.74 Å². The van der Waals surface area contributed by atoms with Crippen LogP contribution in [0.15, 0.2) is 4.99 Å². The molecule has 1 atom stereocenters. The number of carbonyl (C=O) groups is 1. The van der Waals surface area contributed by atoms with Crippen molar-refractivity contribution in [2.75, 3.05) is 46.4 Å². The van der Waals surface area contributed by atoms with Gasteiger partial charge < -0.3 is 25.6 Å². The molecular weight excluding hydrogens is 306 g/mol. The first-order chi connectivity index (χ1) is 11.7. The van der Waals surface area contributed by atoms with Crippen LogP contribution in [0.1, 0.15) is 39.0 Å². The van der Waals surface area contributed by atoms with E-state index in [2.05, 4.69) is 25.8 Å². The smallest absolute Gasteiger partial charge is 0.407 e. The molecule has 0 radical (unpaired) electrons. The van der Waals surface area contributed by atoms with Crippen LogP contribution < -0.4 is 16.0 Å². The first-order valence-electron chi connectivity index (χ1n) is 9.33. The van der Waals surface area contributed by atoms with Gasteiger partial charge >= 0.3 is 6.09 Å². The number of aliphatic imine (C=N–C) groups is 1. The SMILES string of the molecule is CCOC(=O)NC(CNC(=NC)NCCN1CCCCC1)C1CC1. The maximum atomic E-state index is 11.6.